The van der Waals surface area contributed by atoms with Crippen LogP contribution in [0.1, 0.15) is 36.4 Å². The predicted molar refractivity (Wildman–Crippen MR) is 102 cm³/mol. The molecule has 0 aliphatic heterocycles. The number of benzene rings is 2. The molecule has 27 heavy (non-hydrogen) atoms. The van der Waals surface area contributed by atoms with E-state index in [4.69, 9.17) is 9.47 Å². The van der Waals surface area contributed by atoms with E-state index < -0.39 is 18.1 Å². The Bertz CT molecular complexity index is 773. The number of allylic oxidation sites excluding steroid dienone is 1. The number of ether oxygens (including phenoxy) is 2. The number of hydrogen-bond donors (Lipinski definition) is 1. The summed E-state index contributed by atoms with van der Waals surface area (Å²) in [5.41, 5.74) is 1.53. The average molecular weight is 365 g/mol. The molecule has 0 bridgehead atoms. The van der Waals surface area contributed by atoms with E-state index in [9.17, 15) is 9.59 Å². The minimum absolute atomic E-state index is 0.134. The van der Waals surface area contributed by atoms with E-state index in [1.54, 1.807) is 12.1 Å². The standard InChI is InChI=1S/C22H23NO4/c24-21(27-19-14-8-3-9-15-19)20(18-12-6-2-7-13-18)23-22(25)26-16-17-10-4-1-5-11-17/h1-2,4-8,10-14,19-20H,3,9,15-16H2,(H,23,25)/t19-,20+/m0/s1. The molecule has 0 fully saturated rings. The van der Waals surface area contributed by atoms with E-state index in [0.717, 1.165) is 24.8 Å². The third kappa shape index (κ3) is 5.71. The number of rotatable bonds is 6. The van der Waals surface area contributed by atoms with Crippen molar-refractivity contribution in [3.63, 3.8) is 0 Å². The fourth-order valence-corrected chi connectivity index (χ4v) is 2.90. The van der Waals surface area contributed by atoms with Crippen LogP contribution in [0.4, 0.5) is 4.79 Å². The van der Waals surface area contributed by atoms with Gasteiger partial charge in [0, 0.05) is 0 Å². The van der Waals surface area contributed by atoms with E-state index >= 15 is 0 Å². The normalized spacial score (nSPS) is 17.0. The van der Waals surface area contributed by atoms with Gasteiger partial charge in [0.2, 0.25) is 0 Å². The maximum Gasteiger partial charge on any atom is 0.408 e. The van der Waals surface area contributed by atoms with Gasteiger partial charge in [-0.3, -0.25) is 0 Å². The lowest BCUT2D eigenvalue weighted by Gasteiger charge is -2.22. The Morgan fingerprint density at radius 3 is 2.41 bits per heavy atom. The molecule has 0 aromatic heterocycles. The Morgan fingerprint density at radius 1 is 1.04 bits per heavy atom. The molecule has 1 N–H and O–H groups in total. The van der Waals surface area contributed by atoms with Gasteiger partial charge >= 0.3 is 12.1 Å². The molecule has 5 nitrogen and oxygen atoms in total. The van der Waals surface area contributed by atoms with Crippen molar-refractivity contribution in [1.82, 2.24) is 5.32 Å². The Labute approximate surface area is 159 Å². The molecular formula is C22H23NO4. The summed E-state index contributed by atoms with van der Waals surface area (Å²) in [5, 5.41) is 2.63. The van der Waals surface area contributed by atoms with Crippen molar-refractivity contribution in [2.75, 3.05) is 0 Å². The summed E-state index contributed by atoms with van der Waals surface area (Å²) in [4.78, 5) is 24.9. The molecule has 0 spiro atoms. The number of alkyl carbamates (subject to hydrolysis) is 1. The van der Waals surface area contributed by atoms with Crippen LogP contribution in [0.15, 0.2) is 72.8 Å². The summed E-state index contributed by atoms with van der Waals surface area (Å²) in [6.45, 7) is 0.134. The smallest absolute Gasteiger partial charge is 0.408 e. The SMILES string of the molecule is O=C(N[C@@H](C(=O)O[C@H]1C=CCCC1)c1ccccc1)OCc1ccccc1. The van der Waals surface area contributed by atoms with Crippen molar-refractivity contribution in [3.8, 4) is 0 Å². The minimum atomic E-state index is -0.912. The molecule has 1 amide bonds. The summed E-state index contributed by atoms with van der Waals surface area (Å²) < 4.78 is 10.8. The summed E-state index contributed by atoms with van der Waals surface area (Å²) in [5.74, 6) is -0.491. The van der Waals surface area contributed by atoms with Crippen LogP contribution >= 0.6 is 0 Å². The van der Waals surface area contributed by atoms with Gasteiger partial charge in [0.25, 0.3) is 0 Å². The fraction of sp³-hybridized carbons (Fsp3) is 0.273. The number of nitrogens with one attached hydrogen (secondary N) is 1. The van der Waals surface area contributed by atoms with Crippen LogP contribution < -0.4 is 5.32 Å². The van der Waals surface area contributed by atoms with E-state index in [2.05, 4.69) is 5.32 Å². The second-order valence-electron chi connectivity index (χ2n) is 6.38. The zero-order valence-corrected chi connectivity index (χ0v) is 15.0. The molecular weight excluding hydrogens is 342 g/mol. The molecule has 5 heteroatoms. The molecule has 0 heterocycles. The number of esters is 1. The molecule has 0 saturated carbocycles. The van der Waals surface area contributed by atoms with Gasteiger partial charge in [0.15, 0.2) is 6.04 Å². The van der Waals surface area contributed by atoms with Gasteiger partial charge < -0.3 is 14.8 Å². The Kier molecular flexibility index (Phi) is 6.63. The first kappa shape index (κ1) is 18.7. The lowest BCUT2D eigenvalue weighted by atomic mass is 10.0. The molecule has 3 rings (SSSR count). The molecule has 140 valence electrons. The first-order chi connectivity index (χ1) is 13.2. The van der Waals surface area contributed by atoms with Crippen molar-refractivity contribution in [3.05, 3.63) is 83.9 Å². The highest BCUT2D eigenvalue weighted by Gasteiger charge is 2.27. The van der Waals surface area contributed by atoms with Gasteiger partial charge in [0.05, 0.1) is 0 Å². The molecule has 0 unspecified atom stereocenters. The van der Waals surface area contributed by atoms with Crippen LogP contribution in [0.5, 0.6) is 0 Å². The molecule has 1 aliphatic rings. The highest BCUT2D eigenvalue weighted by Crippen LogP contribution is 2.19. The van der Waals surface area contributed by atoms with Crippen LogP contribution in [-0.2, 0) is 20.9 Å². The molecule has 1 aliphatic carbocycles. The van der Waals surface area contributed by atoms with E-state index in [1.807, 2.05) is 60.7 Å². The highest BCUT2D eigenvalue weighted by molar-refractivity contribution is 5.83. The highest BCUT2D eigenvalue weighted by atomic mass is 16.6. The van der Waals surface area contributed by atoms with Gasteiger partial charge in [-0.2, -0.15) is 0 Å². The summed E-state index contributed by atoms with van der Waals surface area (Å²) in [6.07, 6.45) is 5.78. The lowest BCUT2D eigenvalue weighted by Crippen LogP contribution is -2.36. The fourth-order valence-electron chi connectivity index (χ4n) is 2.90. The molecule has 0 radical (unpaired) electrons. The summed E-state index contributed by atoms with van der Waals surface area (Å²) in [6, 6.07) is 17.5. The topological polar surface area (TPSA) is 64.6 Å². The zero-order valence-electron chi connectivity index (χ0n) is 15.0. The number of carbonyl (C=O) groups is 2. The van der Waals surface area contributed by atoms with Crippen molar-refractivity contribution >= 4 is 12.1 Å². The third-order valence-electron chi connectivity index (χ3n) is 4.32. The Hall–Kier alpha value is -3.08. The predicted octanol–water partition coefficient (Wildman–Crippen LogP) is 4.31. The molecule has 2 atom stereocenters. The van der Waals surface area contributed by atoms with E-state index in [1.165, 1.54) is 0 Å². The molecule has 2 aromatic carbocycles. The second-order valence-corrected chi connectivity index (χ2v) is 6.38. The van der Waals surface area contributed by atoms with Crippen molar-refractivity contribution in [2.45, 2.75) is 38.0 Å². The Morgan fingerprint density at radius 2 is 1.74 bits per heavy atom. The van der Waals surface area contributed by atoms with Gasteiger partial charge in [0.1, 0.15) is 12.7 Å². The first-order valence-corrected chi connectivity index (χ1v) is 9.11. The van der Waals surface area contributed by atoms with Crippen molar-refractivity contribution in [2.24, 2.45) is 0 Å². The minimum Gasteiger partial charge on any atom is -0.456 e. The van der Waals surface area contributed by atoms with Crippen LogP contribution in [-0.4, -0.2) is 18.2 Å². The largest absolute Gasteiger partial charge is 0.456 e. The van der Waals surface area contributed by atoms with Gasteiger partial charge in [-0.15, -0.1) is 0 Å². The number of hydrogen-bond acceptors (Lipinski definition) is 4. The lowest BCUT2D eigenvalue weighted by molar-refractivity contribution is -0.150. The van der Waals surface area contributed by atoms with Crippen LogP contribution in [0.2, 0.25) is 0 Å². The first-order valence-electron chi connectivity index (χ1n) is 9.11. The van der Waals surface area contributed by atoms with Gasteiger partial charge in [-0.1, -0.05) is 66.7 Å². The number of amides is 1. The summed E-state index contributed by atoms with van der Waals surface area (Å²) in [7, 11) is 0. The van der Waals surface area contributed by atoms with Crippen molar-refractivity contribution in [1.29, 1.82) is 0 Å². The van der Waals surface area contributed by atoms with E-state index in [0.29, 0.717) is 5.56 Å². The van der Waals surface area contributed by atoms with Gasteiger partial charge in [-0.25, -0.2) is 9.59 Å². The molecule has 0 saturated heterocycles. The van der Waals surface area contributed by atoms with Crippen LogP contribution in [0, 0.1) is 0 Å². The van der Waals surface area contributed by atoms with Gasteiger partial charge in [-0.05, 0) is 36.5 Å². The maximum atomic E-state index is 12.7. The van der Waals surface area contributed by atoms with Crippen LogP contribution in [0.3, 0.4) is 0 Å². The van der Waals surface area contributed by atoms with Crippen molar-refractivity contribution < 1.29 is 19.1 Å². The zero-order chi connectivity index (χ0) is 18.9. The average Bonchev–Trinajstić information content (AvgIpc) is 2.72. The second kappa shape index (κ2) is 9.57. The maximum absolute atomic E-state index is 12.7. The Balaban J connectivity index is 1.64. The monoisotopic (exact) mass is 365 g/mol. The van der Waals surface area contributed by atoms with Crippen LogP contribution in [0.25, 0.3) is 0 Å². The number of carbonyl (C=O) groups excluding carboxylic acids is 2. The molecule has 2 aromatic rings. The quantitative estimate of drug-likeness (QED) is 0.612. The third-order valence-corrected chi connectivity index (χ3v) is 4.32. The summed E-state index contributed by atoms with van der Waals surface area (Å²) >= 11 is 0. The van der Waals surface area contributed by atoms with E-state index in [-0.39, 0.29) is 12.7 Å².